The Bertz CT molecular complexity index is 927. The second kappa shape index (κ2) is 8.27. The third-order valence-corrected chi connectivity index (χ3v) is 4.15. The number of aromatic hydroxyl groups is 1. The highest BCUT2D eigenvalue weighted by molar-refractivity contribution is 5.90. The van der Waals surface area contributed by atoms with Crippen LogP contribution in [0.5, 0.6) is 23.0 Å². The standard InChI is InChI=1S/C22H21NO4/c1-25-19-12-17(13-20(26-2)22(19)27-3)23-14-16-10-7-11-18(21(16)24)15-8-5-4-6-9-15/h4-14,24H,1-3H3. The fourth-order valence-electron chi connectivity index (χ4n) is 2.80. The largest absolute Gasteiger partial charge is 0.507 e. The molecule has 0 aliphatic heterocycles. The lowest BCUT2D eigenvalue weighted by molar-refractivity contribution is 0.324. The molecule has 3 rings (SSSR count). The Labute approximate surface area is 158 Å². The van der Waals surface area contributed by atoms with Gasteiger partial charge in [0.05, 0.1) is 27.0 Å². The SMILES string of the molecule is COc1cc(N=Cc2cccc(-c3ccccc3)c2O)cc(OC)c1OC. The summed E-state index contributed by atoms with van der Waals surface area (Å²) in [5.41, 5.74) is 2.93. The normalized spacial score (nSPS) is 10.8. The second-order valence-electron chi connectivity index (χ2n) is 5.75. The van der Waals surface area contributed by atoms with Crippen LogP contribution in [0.15, 0.2) is 65.7 Å². The Morgan fingerprint density at radius 2 is 1.48 bits per heavy atom. The zero-order valence-corrected chi connectivity index (χ0v) is 15.5. The van der Waals surface area contributed by atoms with E-state index in [1.54, 1.807) is 39.7 Å². The summed E-state index contributed by atoms with van der Waals surface area (Å²) in [5, 5.41) is 10.6. The molecule has 138 valence electrons. The highest BCUT2D eigenvalue weighted by Gasteiger charge is 2.13. The van der Waals surface area contributed by atoms with Gasteiger partial charge in [0.15, 0.2) is 11.5 Å². The molecule has 1 N–H and O–H groups in total. The van der Waals surface area contributed by atoms with E-state index in [9.17, 15) is 5.11 Å². The highest BCUT2D eigenvalue weighted by atomic mass is 16.5. The fourth-order valence-corrected chi connectivity index (χ4v) is 2.80. The van der Waals surface area contributed by atoms with Gasteiger partial charge in [-0.05, 0) is 11.6 Å². The number of rotatable bonds is 6. The predicted molar refractivity (Wildman–Crippen MR) is 107 cm³/mol. The average molecular weight is 363 g/mol. The van der Waals surface area contributed by atoms with Crippen LogP contribution in [-0.4, -0.2) is 32.7 Å². The molecule has 0 saturated carbocycles. The molecule has 0 bridgehead atoms. The maximum atomic E-state index is 10.6. The van der Waals surface area contributed by atoms with Gasteiger partial charge in [0.2, 0.25) is 5.75 Å². The van der Waals surface area contributed by atoms with Gasteiger partial charge in [-0.25, -0.2) is 0 Å². The number of phenolic OH excluding ortho intramolecular Hbond substituents is 1. The van der Waals surface area contributed by atoms with E-state index >= 15 is 0 Å². The van der Waals surface area contributed by atoms with Crippen LogP contribution in [0.2, 0.25) is 0 Å². The summed E-state index contributed by atoms with van der Waals surface area (Å²) < 4.78 is 16.0. The number of nitrogens with zero attached hydrogens (tertiary/aromatic N) is 1. The molecule has 0 fully saturated rings. The molecule has 0 radical (unpaired) electrons. The Balaban J connectivity index is 1.97. The summed E-state index contributed by atoms with van der Waals surface area (Å²) in [4.78, 5) is 4.46. The van der Waals surface area contributed by atoms with Crippen molar-refractivity contribution in [2.75, 3.05) is 21.3 Å². The minimum atomic E-state index is 0.180. The quantitative estimate of drug-likeness (QED) is 0.637. The molecular weight excluding hydrogens is 342 g/mol. The zero-order chi connectivity index (χ0) is 19.2. The van der Waals surface area contributed by atoms with Crippen LogP contribution in [0.4, 0.5) is 5.69 Å². The van der Waals surface area contributed by atoms with Crippen molar-refractivity contribution < 1.29 is 19.3 Å². The van der Waals surface area contributed by atoms with Gasteiger partial charge in [0, 0.05) is 29.5 Å². The summed E-state index contributed by atoms with van der Waals surface area (Å²) in [5.74, 6) is 1.73. The molecule has 0 unspecified atom stereocenters. The summed E-state index contributed by atoms with van der Waals surface area (Å²) >= 11 is 0. The van der Waals surface area contributed by atoms with E-state index in [0.717, 1.165) is 11.1 Å². The number of para-hydroxylation sites is 1. The van der Waals surface area contributed by atoms with Crippen molar-refractivity contribution in [2.45, 2.75) is 0 Å². The van der Waals surface area contributed by atoms with Crippen molar-refractivity contribution in [3.63, 3.8) is 0 Å². The molecule has 0 aliphatic carbocycles. The van der Waals surface area contributed by atoms with Gasteiger partial charge in [0.25, 0.3) is 0 Å². The minimum absolute atomic E-state index is 0.180. The molecule has 0 atom stereocenters. The maximum Gasteiger partial charge on any atom is 0.203 e. The number of ether oxygens (including phenoxy) is 3. The van der Waals surface area contributed by atoms with Crippen molar-refractivity contribution in [2.24, 2.45) is 4.99 Å². The summed E-state index contributed by atoms with van der Waals surface area (Å²) in [6.45, 7) is 0. The van der Waals surface area contributed by atoms with Gasteiger partial charge in [-0.2, -0.15) is 0 Å². The maximum absolute atomic E-state index is 10.6. The monoisotopic (exact) mass is 363 g/mol. The van der Waals surface area contributed by atoms with Crippen LogP contribution in [0.3, 0.4) is 0 Å². The summed E-state index contributed by atoms with van der Waals surface area (Å²) in [6.07, 6.45) is 1.61. The lowest BCUT2D eigenvalue weighted by Crippen LogP contribution is -1.94. The van der Waals surface area contributed by atoms with Crippen molar-refractivity contribution in [3.05, 3.63) is 66.2 Å². The van der Waals surface area contributed by atoms with Crippen molar-refractivity contribution >= 4 is 11.9 Å². The molecule has 5 heteroatoms. The Morgan fingerprint density at radius 3 is 2.07 bits per heavy atom. The first-order valence-corrected chi connectivity index (χ1v) is 8.39. The Hall–Kier alpha value is -3.47. The van der Waals surface area contributed by atoms with Gasteiger partial charge < -0.3 is 19.3 Å². The molecule has 3 aromatic rings. The Morgan fingerprint density at radius 1 is 0.815 bits per heavy atom. The van der Waals surface area contributed by atoms with E-state index in [-0.39, 0.29) is 5.75 Å². The zero-order valence-electron chi connectivity index (χ0n) is 15.5. The van der Waals surface area contributed by atoms with E-state index < -0.39 is 0 Å². The summed E-state index contributed by atoms with van der Waals surface area (Å²) in [7, 11) is 4.66. The number of benzene rings is 3. The van der Waals surface area contributed by atoms with Gasteiger partial charge >= 0.3 is 0 Å². The van der Waals surface area contributed by atoms with E-state index in [2.05, 4.69) is 4.99 Å². The van der Waals surface area contributed by atoms with Crippen LogP contribution >= 0.6 is 0 Å². The first-order chi connectivity index (χ1) is 13.2. The third-order valence-electron chi connectivity index (χ3n) is 4.15. The van der Waals surface area contributed by atoms with E-state index in [4.69, 9.17) is 14.2 Å². The predicted octanol–water partition coefficient (Wildman–Crippen LogP) is 4.84. The van der Waals surface area contributed by atoms with Crippen molar-refractivity contribution in [1.29, 1.82) is 0 Å². The molecule has 0 aromatic heterocycles. The molecular formula is C22H21NO4. The molecule has 3 aromatic carbocycles. The number of hydrogen-bond acceptors (Lipinski definition) is 5. The number of phenols is 1. The lowest BCUT2D eigenvalue weighted by Gasteiger charge is -2.12. The van der Waals surface area contributed by atoms with Crippen molar-refractivity contribution in [1.82, 2.24) is 0 Å². The van der Waals surface area contributed by atoms with Gasteiger partial charge in [-0.15, -0.1) is 0 Å². The molecule has 0 amide bonds. The number of aliphatic imine (C=N–C) groups is 1. The van der Waals surface area contributed by atoms with Crippen LogP contribution in [0, 0.1) is 0 Å². The molecule has 0 saturated heterocycles. The Kier molecular flexibility index (Phi) is 5.61. The van der Waals surface area contributed by atoms with Gasteiger partial charge in [-0.3, -0.25) is 4.99 Å². The lowest BCUT2D eigenvalue weighted by atomic mass is 10.0. The topological polar surface area (TPSA) is 60.3 Å². The number of hydrogen-bond donors (Lipinski definition) is 1. The van der Waals surface area contributed by atoms with Gasteiger partial charge in [0.1, 0.15) is 5.75 Å². The smallest absolute Gasteiger partial charge is 0.203 e. The van der Waals surface area contributed by atoms with Crippen LogP contribution in [0.25, 0.3) is 11.1 Å². The summed E-state index contributed by atoms with van der Waals surface area (Å²) in [6, 6.07) is 18.8. The average Bonchev–Trinajstić information content (AvgIpc) is 2.72. The first-order valence-electron chi connectivity index (χ1n) is 8.39. The van der Waals surface area contributed by atoms with E-state index in [1.807, 2.05) is 48.5 Å². The third kappa shape index (κ3) is 3.87. The van der Waals surface area contributed by atoms with Crippen LogP contribution < -0.4 is 14.2 Å². The molecule has 0 heterocycles. The van der Waals surface area contributed by atoms with Crippen molar-refractivity contribution in [3.8, 4) is 34.1 Å². The van der Waals surface area contributed by atoms with E-state index in [1.165, 1.54) is 0 Å². The minimum Gasteiger partial charge on any atom is -0.507 e. The molecule has 27 heavy (non-hydrogen) atoms. The van der Waals surface area contributed by atoms with Crippen LogP contribution in [-0.2, 0) is 0 Å². The molecule has 0 spiro atoms. The van der Waals surface area contributed by atoms with Crippen LogP contribution in [0.1, 0.15) is 5.56 Å². The molecule has 5 nitrogen and oxygen atoms in total. The number of methoxy groups -OCH3 is 3. The highest BCUT2D eigenvalue weighted by Crippen LogP contribution is 2.41. The van der Waals surface area contributed by atoms with E-state index in [0.29, 0.717) is 28.5 Å². The fraction of sp³-hybridized carbons (Fsp3) is 0.136. The first kappa shape index (κ1) is 18.3. The molecule has 0 aliphatic rings. The second-order valence-corrected chi connectivity index (χ2v) is 5.75. The van der Waals surface area contributed by atoms with Gasteiger partial charge in [-0.1, -0.05) is 42.5 Å².